The Balaban J connectivity index is 2.38. The lowest BCUT2D eigenvalue weighted by Gasteiger charge is -2.14. The number of hydrogen-bond acceptors (Lipinski definition) is 4. The summed E-state index contributed by atoms with van der Waals surface area (Å²) in [6.45, 7) is 3.59. The molecule has 1 aliphatic heterocycles. The van der Waals surface area contributed by atoms with Gasteiger partial charge in [0, 0.05) is 19.0 Å². The average Bonchev–Trinajstić information content (AvgIpc) is 2.75. The zero-order chi connectivity index (χ0) is 15.0. The van der Waals surface area contributed by atoms with Crippen molar-refractivity contribution in [3.05, 3.63) is 35.4 Å². The molecule has 20 heavy (non-hydrogen) atoms. The van der Waals surface area contributed by atoms with Crippen LogP contribution in [0.2, 0.25) is 0 Å². The van der Waals surface area contributed by atoms with Crippen molar-refractivity contribution >= 4 is 14.8 Å². The summed E-state index contributed by atoms with van der Waals surface area (Å²) >= 11 is 0. The summed E-state index contributed by atoms with van der Waals surface area (Å²) in [6, 6.07) is 3.52. The van der Waals surface area contributed by atoms with E-state index in [1.54, 1.807) is 13.8 Å². The molecule has 4 nitrogen and oxygen atoms in total. The fourth-order valence-corrected chi connectivity index (χ4v) is 3.79. The zero-order valence-electron chi connectivity index (χ0n) is 11.5. The first-order valence-electron chi connectivity index (χ1n) is 6.08. The minimum Gasteiger partial charge on any atom is -0.389 e. The third-order valence-electron chi connectivity index (χ3n) is 3.04. The molecular formula is C13H16F2N2O2S. The fourth-order valence-electron chi connectivity index (χ4n) is 1.89. The molecule has 0 radical (unpaired) electrons. The second-order valence-electron chi connectivity index (χ2n) is 5.18. The Bertz CT molecular complexity index is 657. The summed E-state index contributed by atoms with van der Waals surface area (Å²) in [6.07, 6.45) is 0.319. The van der Waals surface area contributed by atoms with E-state index >= 15 is 0 Å². The molecule has 7 heteroatoms. The molecule has 1 unspecified atom stereocenters. The van der Waals surface area contributed by atoms with E-state index in [0.29, 0.717) is 6.42 Å². The highest BCUT2D eigenvalue weighted by Gasteiger charge is 2.35. The second-order valence-corrected chi connectivity index (χ2v) is 7.59. The molecule has 110 valence electrons. The molecule has 0 N–H and O–H groups in total. The Hall–Kier alpha value is -1.50. The van der Waals surface area contributed by atoms with Gasteiger partial charge in [0.25, 0.3) is 0 Å². The highest BCUT2D eigenvalue weighted by atomic mass is 32.2. The lowest BCUT2D eigenvalue weighted by atomic mass is 10.1. The van der Waals surface area contributed by atoms with Crippen LogP contribution in [-0.2, 0) is 20.3 Å². The second kappa shape index (κ2) is 5.12. The van der Waals surface area contributed by atoms with Gasteiger partial charge in [-0.3, -0.25) is 0 Å². The largest absolute Gasteiger partial charge is 0.389 e. The third-order valence-corrected chi connectivity index (χ3v) is 5.26. The monoisotopic (exact) mass is 302 g/mol. The van der Waals surface area contributed by atoms with Crippen LogP contribution in [0.3, 0.4) is 0 Å². The molecule has 2 rings (SSSR count). The molecule has 0 aliphatic carbocycles. The minimum atomic E-state index is -3.00. The number of nitrogens with zero attached hydrogens (tertiary/aromatic N) is 2. The molecule has 0 saturated carbocycles. The number of halogens is 2. The highest BCUT2D eigenvalue weighted by molar-refractivity contribution is 8.07. The molecule has 1 aromatic carbocycles. The maximum Gasteiger partial charge on any atom is 0.156 e. The van der Waals surface area contributed by atoms with Gasteiger partial charge in [-0.1, -0.05) is 11.2 Å². The predicted molar refractivity (Wildman–Crippen MR) is 73.8 cm³/mol. The van der Waals surface area contributed by atoms with E-state index in [2.05, 4.69) is 9.52 Å². The van der Waals surface area contributed by atoms with Crippen molar-refractivity contribution in [2.45, 2.75) is 31.6 Å². The van der Waals surface area contributed by atoms with Gasteiger partial charge >= 0.3 is 0 Å². The van der Waals surface area contributed by atoms with Crippen LogP contribution in [0.15, 0.2) is 27.7 Å². The fraction of sp³-hybridized carbons (Fsp3) is 0.462. The summed E-state index contributed by atoms with van der Waals surface area (Å²) < 4.78 is 44.0. The van der Waals surface area contributed by atoms with E-state index in [1.165, 1.54) is 13.1 Å². The molecule has 0 spiro atoms. The van der Waals surface area contributed by atoms with E-state index in [0.717, 1.165) is 12.1 Å². The van der Waals surface area contributed by atoms with Gasteiger partial charge in [0.15, 0.2) is 5.04 Å². The Morgan fingerprint density at radius 2 is 2.00 bits per heavy atom. The lowest BCUT2D eigenvalue weighted by Crippen LogP contribution is -2.23. The van der Waals surface area contributed by atoms with Gasteiger partial charge in [-0.25, -0.2) is 17.4 Å². The van der Waals surface area contributed by atoms with E-state index in [4.69, 9.17) is 4.84 Å². The van der Waals surface area contributed by atoms with Crippen LogP contribution in [-0.4, -0.2) is 21.9 Å². The number of rotatable bonds is 2. The molecule has 1 aliphatic rings. The molecule has 0 aromatic heterocycles. The van der Waals surface area contributed by atoms with Gasteiger partial charge in [0.05, 0.1) is 15.5 Å². The Morgan fingerprint density at radius 3 is 2.45 bits per heavy atom. The standard InChI is InChI=1S/C13H16F2N2O2S/c1-13(2)7-12(17-19-13)20(18,16-3)8-9-10(14)5-4-6-11(9)15/h4-6H,7-8H2,1-3H3. The van der Waals surface area contributed by atoms with Gasteiger partial charge < -0.3 is 4.84 Å². The molecule has 0 saturated heterocycles. The Morgan fingerprint density at radius 1 is 1.40 bits per heavy atom. The first-order valence-corrected chi connectivity index (χ1v) is 7.77. The molecular weight excluding hydrogens is 286 g/mol. The molecule has 1 heterocycles. The van der Waals surface area contributed by atoms with Crippen molar-refractivity contribution in [2.75, 3.05) is 7.05 Å². The van der Waals surface area contributed by atoms with Crippen molar-refractivity contribution in [1.82, 2.24) is 0 Å². The summed E-state index contributed by atoms with van der Waals surface area (Å²) in [4.78, 5) is 5.16. The first kappa shape index (κ1) is 14.9. The topological polar surface area (TPSA) is 51.0 Å². The van der Waals surface area contributed by atoms with Crippen LogP contribution in [0.25, 0.3) is 0 Å². The van der Waals surface area contributed by atoms with Gasteiger partial charge in [-0.2, -0.15) is 0 Å². The van der Waals surface area contributed by atoms with Crippen molar-refractivity contribution in [3.63, 3.8) is 0 Å². The van der Waals surface area contributed by atoms with E-state index in [-0.39, 0.29) is 16.4 Å². The zero-order valence-corrected chi connectivity index (χ0v) is 12.3. The van der Waals surface area contributed by atoms with Crippen molar-refractivity contribution in [3.8, 4) is 0 Å². The summed E-state index contributed by atoms with van der Waals surface area (Å²) in [5.41, 5.74) is -0.813. The highest BCUT2D eigenvalue weighted by Crippen LogP contribution is 2.28. The van der Waals surface area contributed by atoms with Gasteiger partial charge in [-0.15, -0.1) is 0 Å². The van der Waals surface area contributed by atoms with E-state index in [9.17, 15) is 13.0 Å². The SMILES string of the molecule is CN=S(=O)(Cc1c(F)cccc1F)C1=NOC(C)(C)C1. The number of oxime groups is 1. The quantitative estimate of drug-likeness (QED) is 0.843. The van der Waals surface area contributed by atoms with Crippen LogP contribution < -0.4 is 0 Å². The van der Waals surface area contributed by atoms with Crippen LogP contribution in [0.5, 0.6) is 0 Å². The average molecular weight is 302 g/mol. The molecule has 0 bridgehead atoms. The normalized spacial score (nSPS) is 19.9. The van der Waals surface area contributed by atoms with Crippen molar-refractivity contribution in [2.24, 2.45) is 9.52 Å². The number of hydrogen-bond donors (Lipinski definition) is 0. The van der Waals surface area contributed by atoms with Crippen molar-refractivity contribution < 1.29 is 17.8 Å². The van der Waals surface area contributed by atoms with Crippen LogP contribution in [0, 0.1) is 11.6 Å². The lowest BCUT2D eigenvalue weighted by molar-refractivity contribution is 0.0123. The predicted octanol–water partition coefficient (Wildman–Crippen LogP) is 3.08. The first-order chi connectivity index (χ1) is 9.27. The smallest absolute Gasteiger partial charge is 0.156 e. The maximum absolute atomic E-state index is 13.7. The van der Waals surface area contributed by atoms with Crippen LogP contribution in [0.4, 0.5) is 8.78 Å². The Kier molecular flexibility index (Phi) is 3.82. The number of benzene rings is 1. The van der Waals surface area contributed by atoms with Crippen LogP contribution >= 0.6 is 0 Å². The third kappa shape index (κ3) is 2.82. The summed E-state index contributed by atoms with van der Waals surface area (Å²) in [5.74, 6) is -1.82. The Labute approximate surface area is 117 Å². The van der Waals surface area contributed by atoms with E-state index in [1.807, 2.05) is 0 Å². The minimum absolute atomic E-state index is 0.240. The van der Waals surface area contributed by atoms with Gasteiger partial charge in [0.2, 0.25) is 0 Å². The molecule has 1 aromatic rings. The van der Waals surface area contributed by atoms with E-state index < -0.39 is 27.0 Å². The van der Waals surface area contributed by atoms with Crippen LogP contribution in [0.1, 0.15) is 25.8 Å². The summed E-state index contributed by atoms with van der Waals surface area (Å²) in [5, 5.41) is 4.03. The molecule has 1 atom stereocenters. The summed E-state index contributed by atoms with van der Waals surface area (Å²) in [7, 11) is -1.65. The molecule has 0 amide bonds. The molecule has 0 fully saturated rings. The van der Waals surface area contributed by atoms with Gasteiger partial charge in [-0.05, 0) is 26.0 Å². The van der Waals surface area contributed by atoms with Crippen molar-refractivity contribution in [1.29, 1.82) is 0 Å². The van der Waals surface area contributed by atoms with Gasteiger partial charge in [0.1, 0.15) is 17.2 Å². The maximum atomic E-state index is 13.7.